The molecular formula is C37H41NO4. The number of Topliss-reactive ketones (excluding diaryl/α,β-unsaturated/α-hetero) is 1. The Hall–Kier alpha value is -3.99. The Balaban J connectivity index is 1.31. The van der Waals surface area contributed by atoms with E-state index >= 15 is 0 Å². The van der Waals surface area contributed by atoms with E-state index in [1.54, 1.807) is 37.4 Å². The molecule has 1 aromatic heterocycles. The van der Waals surface area contributed by atoms with Crippen molar-refractivity contribution in [1.82, 2.24) is 4.98 Å². The van der Waals surface area contributed by atoms with Gasteiger partial charge in [-0.05, 0) is 92.5 Å². The van der Waals surface area contributed by atoms with Crippen LogP contribution in [0.3, 0.4) is 0 Å². The smallest absolute Gasteiger partial charge is 0.339 e. The fraction of sp³-hybridized carbons (Fsp3) is 0.378. The standard InChI is InChI=1S/C37H41NO4/c1-4-5-6-7-26-9-11-27(12-10-26)28-13-15-29(16-14-28)35-23-33(32-22-25(2)8-21-34(32)38-35)37(40)42-24-36(39)30-17-19-31(41-3)20-18-30/h8,13-23,26-27H,4-7,9-12,24H2,1-3H3. The number of hydrogen-bond donors (Lipinski definition) is 0. The van der Waals surface area contributed by atoms with Crippen LogP contribution in [0.5, 0.6) is 5.75 Å². The van der Waals surface area contributed by atoms with E-state index < -0.39 is 5.97 Å². The first-order chi connectivity index (χ1) is 20.4. The summed E-state index contributed by atoms with van der Waals surface area (Å²) >= 11 is 0. The molecule has 4 aromatic rings. The second kappa shape index (κ2) is 13.8. The van der Waals surface area contributed by atoms with E-state index in [2.05, 4.69) is 31.2 Å². The minimum absolute atomic E-state index is 0.272. The lowest BCUT2D eigenvalue weighted by atomic mass is 9.77. The largest absolute Gasteiger partial charge is 0.497 e. The van der Waals surface area contributed by atoms with E-state index in [0.29, 0.717) is 33.9 Å². The first-order valence-electron chi connectivity index (χ1n) is 15.3. The zero-order valence-corrected chi connectivity index (χ0v) is 25.0. The van der Waals surface area contributed by atoms with Crippen LogP contribution in [-0.2, 0) is 4.74 Å². The summed E-state index contributed by atoms with van der Waals surface area (Å²) in [5, 5.41) is 0.716. The molecule has 1 heterocycles. The van der Waals surface area contributed by atoms with Crippen LogP contribution in [0.2, 0.25) is 0 Å². The lowest BCUT2D eigenvalue weighted by Crippen LogP contribution is -2.15. The number of benzene rings is 3. The topological polar surface area (TPSA) is 65.5 Å². The molecule has 42 heavy (non-hydrogen) atoms. The minimum Gasteiger partial charge on any atom is -0.497 e. The zero-order valence-electron chi connectivity index (χ0n) is 25.0. The van der Waals surface area contributed by atoms with Gasteiger partial charge in [0, 0.05) is 16.5 Å². The Morgan fingerprint density at radius 2 is 1.62 bits per heavy atom. The first-order valence-corrected chi connectivity index (χ1v) is 15.3. The number of hydrogen-bond acceptors (Lipinski definition) is 5. The lowest BCUT2D eigenvalue weighted by Gasteiger charge is -2.29. The van der Waals surface area contributed by atoms with Crippen LogP contribution in [0.25, 0.3) is 22.2 Å². The maximum absolute atomic E-state index is 13.3. The first kappa shape index (κ1) is 29.5. The molecule has 0 saturated heterocycles. The molecule has 0 unspecified atom stereocenters. The van der Waals surface area contributed by atoms with Gasteiger partial charge >= 0.3 is 5.97 Å². The van der Waals surface area contributed by atoms with E-state index in [0.717, 1.165) is 22.6 Å². The Morgan fingerprint density at radius 3 is 2.31 bits per heavy atom. The van der Waals surface area contributed by atoms with Crippen molar-refractivity contribution in [3.8, 4) is 17.0 Å². The van der Waals surface area contributed by atoms with E-state index in [-0.39, 0.29) is 12.4 Å². The Morgan fingerprint density at radius 1 is 0.881 bits per heavy atom. The van der Waals surface area contributed by atoms with Crippen molar-refractivity contribution in [3.63, 3.8) is 0 Å². The number of carbonyl (C=O) groups excluding carboxylic acids is 2. The van der Waals surface area contributed by atoms with Gasteiger partial charge < -0.3 is 9.47 Å². The monoisotopic (exact) mass is 563 g/mol. The molecule has 1 aliphatic carbocycles. The van der Waals surface area contributed by atoms with Crippen molar-refractivity contribution in [2.24, 2.45) is 5.92 Å². The van der Waals surface area contributed by atoms with Crippen LogP contribution >= 0.6 is 0 Å². The van der Waals surface area contributed by atoms with Crippen LogP contribution < -0.4 is 4.74 Å². The van der Waals surface area contributed by atoms with Gasteiger partial charge in [-0.2, -0.15) is 0 Å². The number of methoxy groups -OCH3 is 1. The predicted molar refractivity (Wildman–Crippen MR) is 168 cm³/mol. The summed E-state index contributed by atoms with van der Waals surface area (Å²) in [4.78, 5) is 30.9. The van der Waals surface area contributed by atoms with E-state index in [1.807, 2.05) is 25.1 Å². The van der Waals surface area contributed by atoms with Crippen LogP contribution in [0, 0.1) is 12.8 Å². The van der Waals surface area contributed by atoms with Gasteiger partial charge in [0.05, 0.1) is 23.9 Å². The molecule has 1 saturated carbocycles. The van der Waals surface area contributed by atoms with Gasteiger partial charge in [0.25, 0.3) is 0 Å². The second-order valence-corrected chi connectivity index (χ2v) is 11.6. The summed E-state index contributed by atoms with van der Waals surface area (Å²) in [6.07, 6.45) is 10.6. The van der Waals surface area contributed by atoms with Crippen LogP contribution in [0.4, 0.5) is 0 Å². The average molecular weight is 564 g/mol. The summed E-state index contributed by atoms with van der Waals surface area (Å²) in [6.45, 7) is 3.91. The summed E-state index contributed by atoms with van der Waals surface area (Å²) in [5.41, 5.74) is 5.67. The second-order valence-electron chi connectivity index (χ2n) is 11.6. The molecule has 5 rings (SSSR count). The molecule has 0 bridgehead atoms. The molecule has 0 amide bonds. The third-order valence-corrected chi connectivity index (χ3v) is 8.67. The van der Waals surface area contributed by atoms with Crippen LogP contribution in [-0.4, -0.2) is 30.5 Å². The van der Waals surface area contributed by atoms with E-state index in [4.69, 9.17) is 14.5 Å². The number of unbranched alkanes of at least 4 members (excludes halogenated alkanes) is 2. The fourth-order valence-corrected chi connectivity index (χ4v) is 6.12. The number of nitrogens with zero attached hydrogens (tertiary/aromatic N) is 1. The minimum atomic E-state index is -0.538. The molecule has 3 aromatic carbocycles. The van der Waals surface area contributed by atoms with Gasteiger partial charge in [0.1, 0.15) is 5.75 Å². The number of pyridine rings is 1. The number of esters is 1. The van der Waals surface area contributed by atoms with Gasteiger partial charge in [0.15, 0.2) is 12.4 Å². The van der Waals surface area contributed by atoms with Gasteiger partial charge in [-0.15, -0.1) is 0 Å². The normalized spacial score (nSPS) is 16.7. The molecule has 0 spiro atoms. The van der Waals surface area contributed by atoms with Gasteiger partial charge in [-0.3, -0.25) is 4.79 Å². The number of ketones is 1. The number of rotatable bonds is 11. The molecular weight excluding hydrogens is 522 g/mol. The summed E-state index contributed by atoms with van der Waals surface area (Å²) in [7, 11) is 1.57. The van der Waals surface area contributed by atoms with Gasteiger partial charge in [-0.1, -0.05) is 68.5 Å². The predicted octanol–water partition coefficient (Wildman–Crippen LogP) is 9.11. The molecule has 0 atom stereocenters. The van der Waals surface area contributed by atoms with Crippen molar-refractivity contribution in [2.45, 2.75) is 71.1 Å². The number of aryl methyl sites for hydroxylation is 1. The summed E-state index contributed by atoms with van der Waals surface area (Å²) in [5.74, 6) is 1.35. The van der Waals surface area contributed by atoms with Crippen molar-refractivity contribution in [2.75, 3.05) is 13.7 Å². The quantitative estimate of drug-likeness (QED) is 0.103. The third-order valence-electron chi connectivity index (χ3n) is 8.67. The van der Waals surface area contributed by atoms with E-state index in [9.17, 15) is 9.59 Å². The van der Waals surface area contributed by atoms with Gasteiger partial charge in [0.2, 0.25) is 0 Å². The molecule has 5 heteroatoms. The number of ether oxygens (including phenoxy) is 2. The highest BCUT2D eigenvalue weighted by molar-refractivity contribution is 6.06. The zero-order chi connectivity index (χ0) is 29.5. The highest BCUT2D eigenvalue weighted by atomic mass is 16.5. The summed E-state index contributed by atoms with van der Waals surface area (Å²) < 4.78 is 10.7. The maximum atomic E-state index is 13.3. The Bertz CT molecular complexity index is 1520. The number of carbonyl (C=O) groups is 2. The highest BCUT2D eigenvalue weighted by Gasteiger charge is 2.22. The van der Waals surface area contributed by atoms with Crippen molar-refractivity contribution >= 4 is 22.7 Å². The highest BCUT2D eigenvalue weighted by Crippen LogP contribution is 2.38. The lowest BCUT2D eigenvalue weighted by molar-refractivity contribution is 0.0476. The van der Waals surface area contributed by atoms with Crippen molar-refractivity contribution in [1.29, 1.82) is 0 Å². The SMILES string of the molecule is CCCCCC1CCC(c2ccc(-c3cc(C(=O)OCC(=O)c4ccc(OC)cc4)c4cc(C)ccc4n3)cc2)CC1. The molecule has 1 fully saturated rings. The molecule has 218 valence electrons. The fourth-order valence-electron chi connectivity index (χ4n) is 6.12. The van der Waals surface area contributed by atoms with Crippen molar-refractivity contribution in [3.05, 3.63) is 95.1 Å². The third kappa shape index (κ3) is 7.07. The van der Waals surface area contributed by atoms with Crippen LogP contribution in [0.15, 0.2) is 72.8 Å². The summed E-state index contributed by atoms with van der Waals surface area (Å²) in [6, 6.07) is 23.1. The maximum Gasteiger partial charge on any atom is 0.339 e. The Kier molecular flexibility index (Phi) is 9.68. The van der Waals surface area contributed by atoms with Gasteiger partial charge in [-0.25, -0.2) is 9.78 Å². The van der Waals surface area contributed by atoms with Crippen LogP contribution in [0.1, 0.15) is 96.1 Å². The molecule has 0 aliphatic heterocycles. The number of aromatic nitrogens is 1. The molecule has 1 aliphatic rings. The molecule has 0 N–H and O–H groups in total. The molecule has 0 radical (unpaired) electrons. The molecule has 5 nitrogen and oxygen atoms in total. The van der Waals surface area contributed by atoms with Crippen molar-refractivity contribution < 1.29 is 19.1 Å². The van der Waals surface area contributed by atoms with E-state index in [1.165, 1.54) is 56.9 Å². The number of fused-ring (bicyclic) bond motifs is 1. The Labute approximate surface area is 249 Å². The average Bonchev–Trinajstić information content (AvgIpc) is 3.03.